The van der Waals surface area contributed by atoms with Crippen molar-refractivity contribution < 1.29 is 14.3 Å². The van der Waals surface area contributed by atoms with Crippen molar-refractivity contribution in [3.63, 3.8) is 0 Å². The van der Waals surface area contributed by atoms with Crippen LogP contribution in [0.5, 0.6) is 5.75 Å². The number of aromatic nitrogens is 2. The number of carbonyl (C=O) groups is 1. The first-order valence-electron chi connectivity index (χ1n) is 7.78. The van der Waals surface area contributed by atoms with Crippen LogP contribution in [0.4, 0.5) is 4.39 Å². The van der Waals surface area contributed by atoms with Crippen LogP contribution in [0.15, 0.2) is 30.6 Å². The number of phenols is 1. The van der Waals surface area contributed by atoms with E-state index in [1.54, 1.807) is 11.1 Å². The van der Waals surface area contributed by atoms with E-state index in [2.05, 4.69) is 4.98 Å². The number of hydrogen-bond acceptors (Lipinski definition) is 3. The van der Waals surface area contributed by atoms with Crippen LogP contribution in [0.25, 0.3) is 0 Å². The Hall–Kier alpha value is -2.37. The SMILES string of the molecule is Cn1ccnc1CC1CCN(C(=O)c2cc(F)ccc2O)CC1. The van der Waals surface area contributed by atoms with Gasteiger partial charge in [0.1, 0.15) is 17.4 Å². The van der Waals surface area contributed by atoms with E-state index in [0.717, 1.165) is 37.2 Å². The van der Waals surface area contributed by atoms with E-state index in [0.29, 0.717) is 19.0 Å². The van der Waals surface area contributed by atoms with Crippen molar-refractivity contribution >= 4 is 5.91 Å². The first kappa shape index (κ1) is 15.5. The minimum absolute atomic E-state index is 0.0348. The van der Waals surface area contributed by atoms with Gasteiger partial charge in [0.2, 0.25) is 0 Å². The van der Waals surface area contributed by atoms with Gasteiger partial charge in [-0.15, -0.1) is 0 Å². The monoisotopic (exact) mass is 317 g/mol. The van der Waals surface area contributed by atoms with Gasteiger partial charge in [-0.3, -0.25) is 4.79 Å². The molecule has 1 aromatic heterocycles. The zero-order valence-corrected chi connectivity index (χ0v) is 13.1. The summed E-state index contributed by atoms with van der Waals surface area (Å²) in [4.78, 5) is 18.5. The molecule has 5 nitrogen and oxygen atoms in total. The van der Waals surface area contributed by atoms with Gasteiger partial charge in [-0.05, 0) is 37.0 Å². The zero-order valence-electron chi connectivity index (χ0n) is 13.1. The second-order valence-corrected chi connectivity index (χ2v) is 6.06. The highest BCUT2D eigenvalue weighted by Gasteiger charge is 2.26. The molecular weight excluding hydrogens is 297 g/mol. The van der Waals surface area contributed by atoms with Gasteiger partial charge >= 0.3 is 0 Å². The first-order chi connectivity index (χ1) is 11.0. The number of halogens is 1. The van der Waals surface area contributed by atoms with E-state index in [1.165, 1.54) is 6.07 Å². The summed E-state index contributed by atoms with van der Waals surface area (Å²) in [6.45, 7) is 1.23. The molecule has 1 fully saturated rings. The number of rotatable bonds is 3. The lowest BCUT2D eigenvalue weighted by molar-refractivity contribution is 0.0686. The lowest BCUT2D eigenvalue weighted by Gasteiger charge is -2.32. The van der Waals surface area contributed by atoms with Gasteiger partial charge in [-0.1, -0.05) is 0 Å². The van der Waals surface area contributed by atoms with E-state index in [1.807, 2.05) is 17.8 Å². The maximum absolute atomic E-state index is 13.3. The van der Waals surface area contributed by atoms with Gasteiger partial charge in [0.25, 0.3) is 5.91 Å². The Bertz CT molecular complexity index is 706. The van der Waals surface area contributed by atoms with Gasteiger partial charge in [0, 0.05) is 39.0 Å². The van der Waals surface area contributed by atoms with Gasteiger partial charge in [-0.25, -0.2) is 9.37 Å². The molecule has 3 rings (SSSR count). The van der Waals surface area contributed by atoms with Crippen molar-refractivity contribution in [3.05, 3.63) is 47.8 Å². The lowest BCUT2D eigenvalue weighted by Crippen LogP contribution is -2.39. The molecule has 1 aliphatic heterocycles. The molecular formula is C17H20FN3O2. The van der Waals surface area contributed by atoms with Gasteiger partial charge in [-0.2, -0.15) is 0 Å². The van der Waals surface area contributed by atoms with Crippen molar-refractivity contribution in [1.82, 2.24) is 14.5 Å². The molecule has 6 heteroatoms. The number of imidazole rings is 1. The Morgan fingerprint density at radius 2 is 2.13 bits per heavy atom. The summed E-state index contributed by atoms with van der Waals surface area (Å²) < 4.78 is 15.3. The number of aromatic hydroxyl groups is 1. The molecule has 0 spiro atoms. The van der Waals surface area contributed by atoms with Crippen molar-refractivity contribution in [2.75, 3.05) is 13.1 Å². The van der Waals surface area contributed by atoms with Crippen molar-refractivity contribution in [1.29, 1.82) is 0 Å². The molecule has 1 amide bonds. The normalized spacial score (nSPS) is 15.8. The van der Waals surface area contributed by atoms with E-state index in [4.69, 9.17) is 0 Å². The molecule has 0 atom stereocenters. The summed E-state index contributed by atoms with van der Waals surface area (Å²) in [6, 6.07) is 3.46. The topological polar surface area (TPSA) is 58.4 Å². The number of nitrogens with zero attached hydrogens (tertiary/aromatic N) is 3. The zero-order chi connectivity index (χ0) is 16.4. The molecule has 1 aliphatic rings. The summed E-state index contributed by atoms with van der Waals surface area (Å²) in [5, 5.41) is 9.76. The predicted octanol–water partition coefficient (Wildman–Crippen LogP) is 2.36. The van der Waals surface area contributed by atoms with E-state index < -0.39 is 5.82 Å². The van der Waals surface area contributed by atoms with Crippen molar-refractivity contribution in [3.8, 4) is 5.75 Å². The summed E-state index contributed by atoms with van der Waals surface area (Å²) in [7, 11) is 1.98. The predicted molar refractivity (Wildman–Crippen MR) is 83.6 cm³/mol. The Labute approximate surface area is 134 Å². The van der Waals surface area contributed by atoms with Gasteiger partial charge in [0.15, 0.2) is 0 Å². The fraction of sp³-hybridized carbons (Fsp3) is 0.412. The third-order valence-electron chi connectivity index (χ3n) is 4.48. The molecule has 122 valence electrons. The molecule has 0 bridgehead atoms. The van der Waals surface area contributed by atoms with Crippen LogP contribution in [-0.4, -0.2) is 38.6 Å². The fourth-order valence-electron chi connectivity index (χ4n) is 3.04. The summed E-state index contributed by atoms with van der Waals surface area (Å²) >= 11 is 0. The second kappa shape index (κ2) is 6.40. The fourth-order valence-corrected chi connectivity index (χ4v) is 3.04. The Morgan fingerprint density at radius 1 is 1.39 bits per heavy atom. The third-order valence-corrected chi connectivity index (χ3v) is 4.48. The highest BCUT2D eigenvalue weighted by atomic mass is 19.1. The number of benzene rings is 1. The van der Waals surface area contributed by atoms with Crippen LogP contribution in [-0.2, 0) is 13.5 Å². The Balaban J connectivity index is 1.61. The molecule has 0 saturated carbocycles. The Kier molecular flexibility index (Phi) is 4.32. The number of carbonyl (C=O) groups excluding carboxylic acids is 1. The minimum atomic E-state index is -0.518. The second-order valence-electron chi connectivity index (χ2n) is 6.06. The summed E-state index contributed by atoms with van der Waals surface area (Å²) in [5.74, 6) is 0.540. The van der Waals surface area contributed by atoms with Crippen LogP contribution in [0.1, 0.15) is 29.0 Å². The van der Waals surface area contributed by atoms with Crippen LogP contribution in [0.3, 0.4) is 0 Å². The average molecular weight is 317 g/mol. The van der Waals surface area contributed by atoms with Gasteiger partial charge in [0.05, 0.1) is 5.56 Å². The average Bonchev–Trinajstić information content (AvgIpc) is 2.95. The number of likely N-dealkylation sites (tertiary alicyclic amines) is 1. The standard InChI is InChI=1S/C17H20FN3O2/c1-20-9-6-19-16(20)10-12-4-7-21(8-5-12)17(23)14-11-13(18)2-3-15(14)22/h2-3,6,9,11-12,22H,4-5,7-8,10H2,1H3. The number of phenolic OH excluding ortho intramolecular Hbond substituents is 1. The number of aryl methyl sites for hydroxylation is 1. The molecule has 0 unspecified atom stereocenters. The molecule has 0 aliphatic carbocycles. The molecule has 1 saturated heterocycles. The quantitative estimate of drug-likeness (QED) is 0.945. The molecule has 23 heavy (non-hydrogen) atoms. The highest BCUT2D eigenvalue weighted by molar-refractivity contribution is 5.96. The van der Waals surface area contributed by atoms with Gasteiger partial charge < -0.3 is 14.6 Å². The Morgan fingerprint density at radius 3 is 2.78 bits per heavy atom. The number of hydrogen-bond donors (Lipinski definition) is 1. The largest absolute Gasteiger partial charge is 0.507 e. The van der Waals surface area contributed by atoms with Crippen LogP contribution < -0.4 is 0 Å². The smallest absolute Gasteiger partial charge is 0.257 e. The lowest BCUT2D eigenvalue weighted by atomic mass is 9.93. The maximum atomic E-state index is 13.3. The summed E-state index contributed by atoms with van der Waals surface area (Å²) in [5.41, 5.74) is 0.0348. The highest BCUT2D eigenvalue weighted by Crippen LogP contribution is 2.25. The van der Waals surface area contributed by atoms with E-state index >= 15 is 0 Å². The van der Waals surface area contributed by atoms with Crippen molar-refractivity contribution in [2.24, 2.45) is 13.0 Å². The molecule has 0 radical (unpaired) electrons. The van der Waals surface area contributed by atoms with Crippen LogP contribution >= 0.6 is 0 Å². The molecule has 2 heterocycles. The van der Waals surface area contributed by atoms with E-state index in [9.17, 15) is 14.3 Å². The maximum Gasteiger partial charge on any atom is 0.257 e. The van der Waals surface area contributed by atoms with Crippen LogP contribution in [0.2, 0.25) is 0 Å². The molecule has 2 aromatic rings. The minimum Gasteiger partial charge on any atom is -0.507 e. The number of piperidine rings is 1. The summed E-state index contributed by atoms with van der Waals surface area (Å²) in [6.07, 6.45) is 6.39. The first-order valence-corrected chi connectivity index (χ1v) is 7.78. The van der Waals surface area contributed by atoms with Crippen molar-refractivity contribution in [2.45, 2.75) is 19.3 Å². The molecule has 1 aromatic carbocycles. The number of amides is 1. The van der Waals surface area contributed by atoms with Crippen LogP contribution in [0, 0.1) is 11.7 Å². The third kappa shape index (κ3) is 3.36. The molecule has 1 N–H and O–H groups in total. The van der Waals surface area contributed by atoms with E-state index in [-0.39, 0.29) is 17.2 Å².